The molecule has 4 heteroatoms. The van der Waals surface area contributed by atoms with Crippen LogP contribution in [0.5, 0.6) is 0 Å². The summed E-state index contributed by atoms with van der Waals surface area (Å²) in [5.41, 5.74) is -0.724. The van der Waals surface area contributed by atoms with E-state index in [1.165, 1.54) is 0 Å². The van der Waals surface area contributed by atoms with Gasteiger partial charge in [0.05, 0.1) is 5.60 Å². The van der Waals surface area contributed by atoms with E-state index in [-0.39, 0.29) is 24.7 Å². The number of rotatable bonds is 3. The van der Waals surface area contributed by atoms with Gasteiger partial charge in [0.1, 0.15) is 0 Å². The van der Waals surface area contributed by atoms with E-state index in [1.807, 2.05) is 0 Å². The molecule has 0 spiro atoms. The fourth-order valence-corrected chi connectivity index (χ4v) is 3.72. The third kappa shape index (κ3) is 3.21. The summed E-state index contributed by atoms with van der Waals surface area (Å²) in [6.45, 7) is 3.68. The van der Waals surface area contributed by atoms with Crippen LogP contribution in [0.3, 0.4) is 0 Å². The van der Waals surface area contributed by atoms with Crippen LogP contribution in [0.4, 0.5) is 8.78 Å². The van der Waals surface area contributed by atoms with Crippen LogP contribution < -0.4 is 5.32 Å². The number of aliphatic hydroxyl groups is 1. The molecule has 1 heterocycles. The molecule has 18 heavy (non-hydrogen) atoms. The molecular weight excluding hydrogens is 236 g/mol. The van der Waals surface area contributed by atoms with E-state index >= 15 is 0 Å². The average Bonchev–Trinajstić information content (AvgIpc) is 2.27. The Labute approximate surface area is 108 Å². The van der Waals surface area contributed by atoms with E-state index in [0.29, 0.717) is 19.3 Å². The van der Waals surface area contributed by atoms with Crippen molar-refractivity contribution in [3.8, 4) is 0 Å². The van der Waals surface area contributed by atoms with Gasteiger partial charge in [-0.25, -0.2) is 8.78 Å². The summed E-state index contributed by atoms with van der Waals surface area (Å²) in [6.07, 6.45) is 3.62. The molecule has 0 aromatic heterocycles. The lowest BCUT2D eigenvalue weighted by molar-refractivity contribution is -0.0944. The Morgan fingerprint density at radius 2 is 2.11 bits per heavy atom. The van der Waals surface area contributed by atoms with Crippen LogP contribution in [0, 0.1) is 11.8 Å². The fraction of sp³-hybridized carbons (Fsp3) is 1.00. The van der Waals surface area contributed by atoms with Crippen molar-refractivity contribution in [1.82, 2.24) is 5.32 Å². The Balaban J connectivity index is 1.98. The number of piperidine rings is 1. The van der Waals surface area contributed by atoms with Crippen molar-refractivity contribution in [2.45, 2.75) is 63.4 Å². The van der Waals surface area contributed by atoms with Crippen LogP contribution in [0.15, 0.2) is 0 Å². The second-order valence-electron chi connectivity index (χ2n) is 6.19. The largest absolute Gasteiger partial charge is 0.389 e. The highest BCUT2D eigenvalue weighted by Crippen LogP contribution is 2.42. The summed E-state index contributed by atoms with van der Waals surface area (Å²) in [6, 6.07) is 0. The van der Waals surface area contributed by atoms with Crippen LogP contribution in [0.1, 0.15) is 51.9 Å². The number of nitrogens with one attached hydrogen (secondary N) is 1. The minimum absolute atomic E-state index is 0.00843. The second-order valence-corrected chi connectivity index (χ2v) is 6.19. The van der Waals surface area contributed by atoms with Gasteiger partial charge in [-0.05, 0) is 50.5 Å². The molecule has 0 radical (unpaired) electrons. The number of hydrogen-bond acceptors (Lipinski definition) is 2. The smallest absolute Gasteiger partial charge is 0.248 e. The standard InChI is InChI=1S/C14H25F2NO/c1-2-12-10-17-7-6-13(12,18)8-11-4-3-5-14(15,16)9-11/h11-12,17-18H,2-10H2,1H3. The topological polar surface area (TPSA) is 32.3 Å². The molecule has 1 aliphatic heterocycles. The van der Waals surface area contributed by atoms with Gasteiger partial charge in [-0.1, -0.05) is 6.92 Å². The lowest BCUT2D eigenvalue weighted by Gasteiger charge is -2.43. The maximum Gasteiger partial charge on any atom is 0.248 e. The third-order valence-corrected chi connectivity index (χ3v) is 4.76. The molecule has 0 aromatic rings. The highest BCUT2D eigenvalue weighted by molar-refractivity contribution is 4.94. The second kappa shape index (κ2) is 5.41. The molecule has 106 valence electrons. The molecule has 0 aromatic carbocycles. The van der Waals surface area contributed by atoms with Gasteiger partial charge in [-0.15, -0.1) is 0 Å². The van der Waals surface area contributed by atoms with Crippen molar-refractivity contribution in [1.29, 1.82) is 0 Å². The molecule has 1 saturated carbocycles. The maximum absolute atomic E-state index is 13.4. The zero-order valence-electron chi connectivity index (χ0n) is 11.2. The van der Waals surface area contributed by atoms with Gasteiger partial charge >= 0.3 is 0 Å². The quantitative estimate of drug-likeness (QED) is 0.818. The molecule has 1 aliphatic carbocycles. The highest BCUT2D eigenvalue weighted by Gasteiger charge is 2.43. The van der Waals surface area contributed by atoms with Gasteiger partial charge in [0.25, 0.3) is 0 Å². The summed E-state index contributed by atoms with van der Waals surface area (Å²) >= 11 is 0. The third-order valence-electron chi connectivity index (χ3n) is 4.76. The van der Waals surface area contributed by atoms with Gasteiger partial charge in [0, 0.05) is 19.4 Å². The Morgan fingerprint density at radius 3 is 2.78 bits per heavy atom. The van der Waals surface area contributed by atoms with Crippen molar-refractivity contribution in [3.05, 3.63) is 0 Å². The maximum atomic E-state index is 13.4. The summed E-state index contributed by atoms with van der Waals surface area (Å²) in [4.78, 5) is 0. The first-order chi connectivity index (χ1) is 8.45. The Bertz CT molecular complexity index is 285. The van der Waals surface area contributed by atoms with E-state index in [9.17, 15) is 13.9 Å². The van der Waals surface area contributed by atoms with Crippen LogP contribution in [0.2, 0.25) is 0 Å². The molecule has 2 fully saturated rings. The molecule has 3 unspecified atom stereocenters. The monoisotopic (exact) mass is 261 g/mol. The van der Waals surface area contributed by atoms with Crippen LogP contribution >= 0.6 is 0 Å². The number of alkyl halides is 2. The Hall–Kier alpha value is -0.220. The lowest BCUT2D eigenvalue weighted by Crippen LogP contribution is -2.51. The molecule has 2 nitrogen and oxygen atoms in total. The molecular formula is C14H25F2NO. The molecule has 0 amide bonds. The summed E-state index contributed by atoms with van der Waals surface area (Å²) in [7, 11) is 0. The van der Waals surface area contributed by atoms with Gasteiger partial charge in [-0.3, -0.25) is 0 Å². The summed E-state index contributed by atoms with van der Waals surface area (Å²) in [5, 5.41) is 14.1. The molecule has 1 saturated heterocycles. The highest BCUT2D eigenvalue weighted by atomic mass is 19.3. The van der Waals surface area contributed by atoms with Crippen molar-refractivity contribution >= 4 is 0 Å². The zero-order chi connectivity index (χ0) is 13.2. The summed E-state index contributed by atoms with van der Waals surface area (Å²) < 4.78 is 26.8. The van der Waals surface area contributed by atoms with Crippen molar-refractivity contribution in [3.63, 3.8) is 0 Å². The van der Waals surface area contributed by atoms with Crippen molar-refractivity contribution < 1.29 is 13.9 Å². The molecule has 2 N–H and O–H groups in total. The van der Waals surface area contributed by atoms with Crippen LogP contribution in [0.25, 0.3) is 0 Å². The number of hydrogen-bond donors (Lipinski definition) is 2. The van der Waals surface area contributed by atoms with Crippen molar-refractivity contribution in [2.75, 3.05) is 13.1 Å². The molecule has 3 atom stereocenters. The predicted octanol–water partition coefficient (Wildman–Crippen LogP) is 2.95. The van der Waals surface area contributed by atoms with Crippen LogP contribution in [-0.4, -0.2) is 29.7 Å². The lowest BCUT2D eigenvalue weighted by atomic mass is 9.71. The first-order valence-electron chi connectivity index (χ1n) is 7.26. The first-order valence-corrected chi connectivity index (χ1v) is 7.26. The van der Waals surface area contributed by atoms with E-state index in [2.05, 4.69) is 12.2 Å². The first kappa shape index (κ1) is 14.2. The van der Waals surface area contributed by atoms with Gasteiger partial charge in [0.15, 0.2) is 0 Å². The number of halogens is 2. The minimum Gasteiger partial charge on any atom is -0.389 e. The average molecular weight is 261 g/mol. The zero-order valence-corrected chi connectivity index (χ0v) is 11.2. The van der Waals surface area contributed by atoms with Crippen molar-refractivity contribution in [2.24, 2.45) is 11.8 Å². The van der Waals surface area contributed by atoms with E-state index in [1.54, 1.807) is 0 Å². The Morgan fingerprint density at radius 1 is 1.33 bits per heavy atom. The van der Waals surface area contributed by atoms with Crippen LogP contribution in [-0.2, 0) is 0 Å². The Kier molecular flexibility index (Phi) is 4.27. The predicted molar refractivity (Wildman–Crippen MR) is 67.7 cm³/mol. The molecule has 0 bridgehead atoms. The van der Waals surface area contributed by atoms with E-state index in [4.69, 9.17) is 0 Å². The van der Waals surface area contributed by atoms with E-state index < -0.39 is 11.5 Å². The van der Waals surface area contributed by atoms with E-state index in [0.717, 1.165) is 25.9 Å². The van der Waals surface area contributed by atoms with Gasteiger partial charge in [-0.2, -0.15) is 0 Å². The summed E-state index contributed by atoms with van der Waals surface area (Å²) in [5.74, 6) is -2.30. The SMILES string of the molecule is CCC1CNCCC1(O)CC1CCCC(F)(F)C1. The normalized spacial score (nSPS) is 40.7. The molecule has 2 aliphatic rings. The fourth-order valence-electron chi connectivity index (χ4n) is 3.72. The van der Waals surface area contributed by atoms with Gasteiger partial charge in [0.2, 0.25) is 5.92 Å². The minimum atomic E-state index is -2.51. The molecule has 2 rings (SSSR count). The van der Waals surface area contributed by atoms with Gasteiger partial charge < -0.3 is 10.4 Å².